The molecule has 6 nitrogen and oxygen atoms in total. The minimum Gasteiger partial charge on any atom is -0.481 e. The molecular formula is C17H18N2O4. The number of aromatic nitrogens is 1. The highest BCUT2D eigenvalue weighted by Gasteiger charge is 2.20. The molecular weight excluding hydrogens is 296 g/mol. The van der Waals surface area contributed by atoms with E-state index in [1.54, 1.807) is 11.0 Å². The molecule has 1 aromatic carbocycles. The van der Waals surface area contributed by atoms with Gasteiger partial charge in [0, 0.05) is 18.5 Å². The first-order valence-electron chi connectivity index (χ1n) is 7.57. The summed E-state index contributed by atoms with van der Waals surface area (Å²) in [7, 11) is 1.50. The van der Waals surface area contributed by atoms with E-state index in [1.165, 1.54) is 7.11 Å². The molecule has 0 bridgehead atoms. The number of hydrogen-bond acceptors (Lipinski definition) is 5. The van der Waals surface area contributed by atoms with Gasteiger partial charge in [0.1, 0.15) is 0 Å². The van der Waals surface area contributed by atoms with Crippen LogP contribution in [0.1, 0.15) is 23.3 Å². The lowest BCUT2D eigenvalue weighted by atomic mass is 10.1. The molecule has 0 spiro atoms. The lowest BCUT2D eigenvalue weighted by Gasteiger charge is -2.15. The maximum Gasteiger partial charge on any atom is 0.357 e. The summed E-state index contributed by atoms with van der Waals surface area (Å²) in [6, 6.07) is 9.12. The number of ether oxygens (including phenoxy) is 2. The SMILES string of the molecule is COc1nc(C(=O)OCC(=O)N2CCCC2)cc2ccccc12. The van der Waals surface area contributed by atoms with Crippen LogP contribution in [-0.4, -0.2) is 48.6 Å². The number of esters is 1. The quantitative estimate of drug-likeness (QED) is 0.808. The first-order valence-corrected chi connectivity index (χ1v) is 7.57. The van der Waals surface area contributed by atoms with Crippen molar-refractivity contribution in [3.05, 3.63) is 36.0 Å². The van der Waals surface area contributed by atoms with Gasteiger partial charge in [0.15, 0.2) is 12.3 Å². The van der Waals surface area contributed by atoms with Gasteiger partial charge in [-0.15, -0.1) is 0 Å². The Morgan fingerprint density at radius 2 is 1.96 bits per heavy atom. The van der Waals surface area contributed by atoms with Crippen molar-refractivity contribution in [2.24, 2.45) is 0 Å². The Kier molecular flexibility index (Phi) is 4.41. The van der Waals surface area contributed by atoms with Crippen LogP contribution in [0.25, 0.3) is 10.8 Å². The molecule has 0 unspecified atom stereocenters. The number of fused-ring (bicyclic) bond motifs is 1. The predicted molar refractivity (Wildman–Crippen MR) is 84.4 cm³/mol. The number of benzene rings is 1. The molecule has 0 N–H and O–H groups in total. The highest BCUT2D eigenvalue weighted by molar-refractivity contribution is 5.96. The van der Waals surface area contributed by atoms with Crippen molar-refractivity contribution in [2.45, 2.75) is 12.8 Å². The van der Waals surface area contributed by atoms with E-state index < -0.39 is 5.97 Å². The highest BCUT2D eigenvalue weighted by Crippen LogP contribution is 2.24. The second kappa shape index (κ2) is 6.64. The van der Waals surface area contributed by atoms with Crippen LogP contribution in [0.5, 0.6) is 5.88 Å². The van der Waals surface area contributed by atoms with E-state index in [1.807, 2.05) is 24.3 Å². The molecule has 1 aromatic heterocycles. The number of carbonyl (C=O) groups is 2. The van der Waals surface area contributed by atoms with Crippen molar-refractivity contribution in [3.8, 4) is 5.88 Å². The zero-order chi connectivity index (χ0) is 16.2. The number of likely N-dealkylation sites (tertiary alicyclic amines) is 1. The molecule has 1 amide bonds. The van der Waals surface area contributed by atoms with Gasteiger partial charge in [-0.3, -0.25) is 4.79 Å². The molecule has 0 atom stereocenters. The van der Waals surface area contributed by atoms with E-state index >= 15 is 0 Å². The number of hydrogen-bond donors (Lipinski definition) is 0. The molecule has 120 valence electrons. The Labute approximate surface area is 134 Å². The number of nitrogens with zero attached hydrogens (tertiary/aromatic N) is 2. The zero-order valence-corrected chi connectivity index (χ0v) is 12.9. The van der Waals surface area contributed by atoms with Crippen LogP contribution in [-0.2, 0) is 9.53 Å². The lowest BCUT2D eigenvalue weighted by Crippen LogP contribution is -2.32. The topological polar surface area (TPSA) is 68.7 Å². The summed E-state index contributed by atoms with van der Waals surface area (Å²) in [5.41, 5.74) is 0.134. The molecule has 6 heteroatoms. The normalized spacial score (nSPS) is 14.0. The van der Waals surface area contributed by atoms with Crippen LogP contribution in [0.4, 0.5) is 0 Å². The van der Waals surface area contributed by atoms with Gasteiger partial charge >= 0.3 is 5.97 Å². The number of pyridine rings is 1. The van der Waals surface area contributed by atoms with Gasteiger partial charge in [0.2, 0.25) is 5.88 Å². The number of carbonyl (C=O) groups excluding carboxylic acids is 2. The number of amides is 1. The Bertz CT molecular complexity index is 738. The van der Waals surface area contributed by atoms with Gasteiger partial charge in [0.25, 0.3) is 5.91 Å². The van der Waals surface area contributed by atoms with Crippen LogP contribution in [0.2, 0.25) is 0 Å². The van der Waals surface area contributed by atoms with Gasteiger partial charge in [0.05, 0.1) is 7.11 Å². The Morgan fingerprint density at radius 1 is 1.22 bits per heavy atom. The summed E-state index contributed by atoms with van der Waals surface area (Å²) < 4.78 is 10.3. The highest BCUT2D eigenvalue weighted by atomic mass is 16.5. The minimum absolute atomic E-state index is 0.134. The Hall–Kier alpha value is -2.63. The standard InChI is InChI=1S/C17H18N2O4/c1-22-16-13-7-3-2-6-12(13)10-14(18-16)17(21)23-11-15(20)19-8-4-5-9-19/h2-3,6-7,10H,4-5,8-9,11H2,1H3. The number of methoxy groups -OCH3 is 1. The molecule has 0 aliphatic carbocycles. The summed E-state index contributed by atoms with van der Waals surface area (Å²) in [5.74, 6) is -0.425. The molecule has 1 fully saturated rings. The molecule has 1 aliphatic heterocycles. The Morgan fingerprint density at radius 3 is 2.70 bits per heavy atom. The maximum absolute atomic E-state index is 12.2. The summed E-state index contributed by atoms with van der Waals surface area (Å²) in [5, 5.41) is 1.65. The van der Waals surface area contributed by atoms with Crippen LogP contribution >= 0.6 is 0 Å². The van der Waals surface area contributed by atoms with Gasteiger partial charge < -0.3 is 14.4 Å². The lowest BCUT2D eigenvalue weighted by molar-refractivity contribution is -0.133. The monoisotopic (exact) mass is 314 g/mol. The summed E-state index contributed by atoms with van der Waals surface area (Å²) in [6.07, 6.45) is 2.01. The Balaban J connectivity index is 1.74. The third kappa shape index (κ3) is 3.26. The van der Waals surface area contributed by atoms with E-state index in [2.05, 4.69) is 4.98 Å². The van der Waals surface area contributed by atoms with Gasteiger partial charge in [-0.2, -0.15) is 0 Å². The molecule has 2 aromatic rings. The van der Waals surface area contributed by atoms with Crippen LogP contribution in [0.3, 0.4) is 0 Å². The van der Waals surface area contributed by atoms with Crippen LogP contribution in [0.15, 0.2) is 30.3 Å². The fourth-order valence-corrected chi connectivity index (χ4v) is 2.69. The van der Waals surface area contributed by atoms with Crippen molar-refractivity contribution < 1.29 is 19.1 Å². The predicted octanol–water partition coefficient (Wildman–Crippen LogP) is 2.02. The van der Waals surface area contributed by atoms with Gasteiger partial charge in [-0.1, -0.05) is 18.2 Å². The summed E-state index contributed by atoms with van der Waals surface area (Å²) in [6.45, 7) is 1.21. The fourth-order valence-electron chi connectivity index (χ4n) is 2.69. The van der Waals surface area contributed by atoms with Crippen molar-refractivity contribution in [3.63, 3.8) is 0 Å². The van der Waals surface area contributed by atoms with Crippen molar-refractivity contribution in [1.82, 2.24) is 9.88 Å². The van der Waals surface area contributed by atoms with E-state index in [0.717, 1.165) is 36.7 Å². The molecule has 0 radical (unpaired) electrons. The first-order chi connectivity index (χ1) is 11.2. The molecule has 3 rings (SSSR count). The summed E-state index contributed by atoms with van der Waals surface area (Å²) >= 11 is 0. The van der Waals surface area contributed by atoms with Gasteiger partial charge in [-0.25, -0.2) is 9.78 Å². The average molecular weight is 314 g/mol. The fraction of sp³-hybridized carbons (Fsp3) is 0.353. The largest absolute Gasteiger partial charge is 0.481 e. The van der Waals surface area contributed by atoms with E-state index in [9.17, 15) is 9.59 Å². The van der Waals surface area contributed by atoms with Crippen molar-refractivity contribution in [1.29, 1.82) is 0 Å². The molecule has 2 heterocycles. The zero-order valence-electron chi connectivity index (χ0n) is 12.9. The second-order valence-electron chi connectivity index (χ2n) is 5.40. The first kappa shape index (κ1) is 15.3. The van der Waals surface area contributed by atoms with E-state index in [4.69, 9.17) is 9.47 Å². The third-order valence-electron chi connectivity index (χ3n) is 3.89. The molecule has 1 saturated heterocycles. The molecule has 1 aliphatic rings. The average Bonchev–Trinajstić information content (AvgIpc) is 3.13. The van der Waals surface area contributed by atoms with Gasteiger partial charge in [-0.05, 0) is 30.4 Å². The minimum atomic E-state index is -0.624. The third-order valence-corrected chi connectivity index (χ3v) is 3.89. The van der Waals surface area contributed by atoms with E-state index in [0.29, 0.717) is 5.88 Å². The van der Waals surface area contributed by atoms with Crippen LogP contribution in [0, 0.1) is 0 Å². The van der Waals surface area contributed by atoms with Crippen LogP contribution < -0.4 is 4.74 Å². The van der Waals surface area contributed by atoms with Crippen molar-refractivity contribution in [2.75, 3.05) is 26.8 Å². The van der Waals surface area contributed by atoms with Crippen molar-refractivity contribution >= 4 is 22.6 Å². The molecule has 23 heavy (non-hydrogen) atoms. The smallest absolute Gasteiger partial charge is 0.357 e. The summed E-state index contributed by atoms with van der Waals surface area (Å²) in [4.78, 5) is 30.0. The number of rotatable bonds is 4. The maximum atomic E-state index is 12.2. The second-order valence-corrected chi connectivity index (χ2v) is 5.40. The molecule has 0 saturated carbocycles. The van der Waals surface area contributed by atoms with E-state index in [-0.39, 0.29) is 18.2 Å².